The molecule has 0 aromatic heterocycles. The fourth-order valence-electron chi connectivity index (χ4n) is 3.70. The van der Waals surface area contributed by atoms with Crippen LogP contribution in [0, 0.1) is 0 Å². The standard InChI is InChI=1S/C23H24O10/c24-10-19-20(28)21(29)22(30)23(33-19)32-16-8-13(26)5-6-14(16)17-9-15(27)18(31-17)7-11-1-3-12(25)4-2-11/h1-6,8-9,18-26,28-30H,7,10H2. The predicted octanol–water partition coefficient (Wildman–Crippen LogP) is -0.172. The van der Waals surface area contributed by atoms with Crippen molar-refractivity contribution in [1.82, 2.24) is 0 Å². The number of ether oxygens (including phenoxy) is 3. The van der Waals surface area contributed by atoms with E-state index in [9.17, 15) is 35.4 Å². The van der Waals surface area contributed by atoms with Gasteiger partial charge < -0.3 is 44.8 Å². The number of phenols is 2. The molecule has 0 saturated carbocycles. The molecule has 0 amide bonds. The minimum Gasteiger partial charge on any atom is -0.508 e. The Kier molecular flexibility index (Phi) is 6.54. The molecule has 2 aromatic carbocycles. The minimum absolute atomic E-state index is 0.0105. The Hall–Kier alpha value is -3.15. The van der Waals surface area contributed by atoms with Crippen LogP contribution in [-0.2, 0) is 20.7 Å². The Bertz CT molecular complexity index is 1030. The van der Waals surface area contributed by atoms with Crippen LogP contribution in [0.25, 0.3) is 5.76 Å². The van der Waals surface area contributed by atoms with Crippen molar-refractivity contribution in [3.05, 3.63) is 59.7 Å². The largest absolute Gasteiger partial charge is 0.508 e. The molecule has 2 aromatic rings. The van der Waals surface area contributed by atoms with Crippen LogP contribution in [0.5, 0.6) is 17.2 Å². The highest BCUT2D eigenvalue weighted by Gasteiger charge is 2.45. The van der Waals surface area contributed by atoms with Gasteiger partial charge in [0.25, 0.3) is 0 Å². The van der Waals surface area contributed by atoms with Crippen molar-refractivity contribution in [2.75, 3.05) is 6.61 Å². The number of ketones is 1. The predicted molar refractivity (Wildman–Crippen MR) is 112 cm³/mol. The van der Waals surface area contributed by atoms with Gasteiger partial charge >= 0.3 is 0 Å². The normalized spacial score (nSPS) is 29.5. The third-order valence-electron chi connectivity index (χ3n) is 5.54. The average Bonchev–Trinajstić information content (AvgIpc) is 3.15. The maximum absolute atomic E-state index is 12.5. The quantitative estimate of drug-likeness (QED) is 0.341. The van der Waals surface area contributed by atoms with Crippen LogP contribution >= 0.6 is 0 Å². The first-order valence-electron chi connectivity index (χ1n) is 10.3. The number of aromatic hydroxyl groups is 2. The zero-order valence-electron chi connectivity index (χ0n) is 17.3. The lowest BCUT2D eigenvalue weighted by atomic mass is 9.99. The zero-order valence-corrected chi connectivity index (χ0v) is 17.3. The van der Waals surface area contributed by atoms with Crippen LogP contribution in [0.3, 0.4) is 0 Å². The number of hydrogen-bond acceptors (Lipinski definition) is 10. The molecule has 6 atom stereocenters. The molecule has 10 nitrogen and oxygen atoms in total. The first kappa shape index (κ1) is 23.0. The summed E-state index contributed by atoms with van der Waals surface area (Å²) in [6, 6.07) is 10.4. The average molecular weight is 460 g/mol. The van der Waals surface area contributed by atoms with Gasteiger partial charge in [-0.2, -0.15) is 0 Å². The zero-order chi connectivity index (χ0) is 23.7. The number of phenolic OH excluding ortho intramolecular Hbond substituents is 2. The lowest BCUT2D eigenvalue weighted by Gasteiger charge is -2.39. The Labute approximate surface area is 188 Å². The molecular weight excluding hydrogens is 436 g/mol. The topological polar surface area (TPSA) is 166 Å². The van der Waals surface area contributed by atoms with Gasteiger partial charge in [0.1, 0.15) is 47.4 Å². The van der Waals surface area contributed by atoms with E-state index in [2.05, 4.69) is 0 Å². The third-order valence-corrected chi connectivity index (χ3v) is 5.54. The first-order chi connectivity index (χ1) is 15.8. The highest BCUT2D eigenvalue weighted by Crippen LogP contribution is 2.36. The summed E-state index contributed by atoms with van der Waals surface area (Å²) in [6.45, 7) is -0.626. The van der Waals surface area contributed by atoms with Gasteiger partial charge in [-0.3, -0.25) is 4.79 Å². The van der Waals surface area contributed by atoms with Crippen LogP contribution in [0.4, 0.5) is 0 Å². The van der Waals surface area contributed by atoms with Crippen molar-refractivity contribution >= 4 is 11.5 Å². The van der Waals surface area contributed by atoms with E-state index in [1.165, 1.54) is 36.4 Å². The number of carbonyl (C=O) groups is 1. The SMILES string of the molecule is O=C1C=C(c2ccc(O)cc2OC2OC(CO)C(O)C(O)C2O)OC1Cc1ccc(O)cc1. The van der Waals surface area contributed by atoms with Gasteiger partial charge in [0.05, 0.1) is 12.2 Å². The van der Waals surface area contributed by atoms with E-state index in [-0.39, 0.29) is 40.8 Å². The third kappa shape index (κ3) is 4.80. The van der Waals surface area contributed by atoms with Crippen LogP contribution < -0.4 is 4.74 Å². The van der Waals surface area contributed by atoms with Gasteiger partial charge in [-0.05, 0) is 29.8 Å². The summed E-state index contributed by atoms with van der Waals surface area (Å²) in [5.41, 5.74) is 1.07. The molecule has 0 aliphatic carbocycles. The fourth-order valence-corrected chi connectivity index (χ4v) is 3.70. The lowest BCUT2D eigenvalue weighted by molar-refractivity contribution is -0.277. The fraction of sp³-hybridized carbons (Fsp3) is 0.348. The molecule has 6 unspecified atom stereocenters. The summed E-state index contributed by atoms with van der Waals surface area (Å²) in [7, 11) is 0. The molecule has 1 fully saturated rings. The number of hydrogen-bond donors (Lipinski definition) is 6. The molecule has 6 N–H and O–H groups in total. The molecule has 0 bridgehead atoms. The van der Waals surface area contributed by atoms with Crippen LogP contribution in [0.1, 0.15) is 11.1 Å². The van der Waals surface area contributed by atoms with E-state index in [4.69, 9.17) is 14.2 Å². The van der Waals surface area contributed by atoms with E-state index < -0.39 is 43.4 Å². The number of aliphatic hydroxyl groups is 4. The second-order valence-corrected chi connectivity index (χ2v) is 7.88. The van der Waals surface area contributed by atoms with Gasteiger partial charge in [0, 0.05) is 18.6 Å². The van der Waals surface area contributed by atoms with Crippen molar-refractivity contribution in [2.45, 2.75) is 43.2 Å². The molecule has 4 rings (SSSR count). The van der Waals surface area contributed by atoms with Crippen molar-refractivity contribution in [1.29, 1.82) is 0 Å². The molecule has 0 spiro atoms. The summed E-state index contributed by atoms with van der Waals surface area (Å²) in [5, 5.41) is 58.9. The first-order valence-corrected chi connectivity index (χ1v) is 10.3. The maximum atomic E-state index is 12.5. The van der Waals surface area contributed by atoms with Crippen LogP contribution in [0.2, 0.25) is 0 Å². The van der Waals surface area contributed by atoms with Crippen molar-refractivity contribution in [2.24, 2.45) is 0 Å². The summed E-state index contributed by atoms with van der Waals surface area (Å²) in [6.07, 6.45) is -6.75. The molecule has 2 aliphatic heterocycles. The number of benzene rings is 2. The Morgan fingerprint density at radius 2 is 1.61 bits per heavy atom. The van der Waals surface area contributed by atoms with Gasteiger partial charge in [-0.15, -0.1) is 0 Å². The monoisotopic (exact) mass is 460 g/mol. The van der Waals surface area contributed by atoms with E-state index in [0.717, 1.165) is 5.56 Å². The van der Waals surface area contributed by atoms with E-state index in [1.54, 1.807) is 12.1 Å². The Balaban J connectivity index is 1.54. The number of aliphatic hydroxyl groups excluding tert-OH is 4. The maximum Gasteiger partial charge on any atom is 0.229 e. The van der Waals surface area contributed by atoms with E-state index in [0.29, 0.717) is 0 Å². The van der Waals surface area contributed by atoms with Crippen molar-refractivity contribution in [3.8, 4) is 17.2 Å². The Morgan fingerprint density at radius 3 is 2.30 bits per heavy atom. The molecule has 176 valence electrons. The molecule has 1 saturated heterocycles. The molecule has 33 heavy (non-hydrogen) atoms. The Morgan fingerprint density at radius 1 is 0.909 bits per heavy atom. The molecule has 2 aliphatic rings. The second kappa shape index (κ2) is 9.38. The number of rotatable bonds is 6. The molecule has 2 heterocycles. The summed E-state index contributed by atoms with van der Waals surface area (Å²) >= 11 is 0. The van der Waals surface area contributed by atoms with Gasteiger partial charge in [0.2, 0.25) is 6.29 Å². The van der Waals surface area contributed by atoms with Crippen molar-refractivity contribution < 1.29 is 49.6 Å². The number of carbonyl (C=O) groups excluding carboxylic acids is 1. The van der Waals surface area contributed by atoms with E-state index in [1.807, 2.05) is 0 Å². The minimum atomic E-state index is -1.65. The lowest BCUT2D eigenvalue weighted by Crippen LogP contribution is -2.60. The second-order valence-electron chi connectivity index (χ2n) is 7.88. The summed E-state index contributed by atoms with van der Waals surface area (Å²) in [5.74, 6) is -0.198. The highest BCUT2D eigenvalue weighted by atomic mass is 16.7. The van der Waals surface area contributed by atoms with Gasteiger partial charge in [0.15, 0.2) is 11.9 Å². The van der Waals surface area contributed by atoms with Gasteiger partial charge in [-0.1, -0.05) is 12.1 Å². The summed E-state index contributed by atoms with van der Waals surface area (Å²) in [4.78, 5) is 12.5. The smallest absolute Gasteiger partial charge is 0.229 e. The van der Waals surface area contributed by atoms with E-state index >= 15 is 0 Å². The molecule has 0 radical (unpaired) electrons. The van der Waals surface area contributed by atoms with Crippen LogP contribution in [-0.4, -0.2) is 79.8 Å². The highest BCUT2D eigenvalue weighted by molar-refractivity contribution is 6.03. The van der Waals surface area contributed by atoms with Crippen LogP contribution in [0.15, 0.2) is 48.5 Å². The van der Waals surface area contributed by atoms with Crippen molar-refractivity contribution in [3.63, 3.8) is 0 Å². The molecular formula is C23H24O10. The summed E-state index contributed by atoms with van der Waals surface area (Å²) < 4.78 is 16.9. The van der Waals surface area contributed by atoms with Gasteiger partial charge in [-0.25, -0.2) is 0 Å². The molecule has 10 heteroatoms.